The lowest BCUT2D eigenvalue weighted by Gasteiger charge is -2.06. The van der Waals surface area contributed by atoms with E-state index in [9.17, 15) is 8.78 Å². The average molecular weight is 170 g/mol. The molecule has 12 heavy (non-hydrogen) atoms. The molecule has 1 aromatic carbocycles. The first-order valence-electron chi connectivity index (χ1n) is 4.02. The van der Waals surface area contributed by atoms with Crippen LogP contribution in [0.1, 0.15) is 23.6 Å². The van der Waals surface area contributed by atoms with Crippen LogP contribution in [0.4, 0.5) is 8.78 Å². The molecule has 1 aromatic rings. The summed E-state index contributed by atoms with van der Waals surface area (Å²) in [4.78, 5) is 0. The van der Waals surface area contributed by atoms with Crippen LogP contribution in [0.2, 0.25) is 0 Å². The van der Waals surface area contributed by atoms with E-state index in [1.165, 1.54) is 0 Å². The molecule has 0 bridgehead atoms. The summed E-state index contributed by atoms with van der Waals surface area (Å²) in [5.74, 6) is -1.40. The Balaban J connectivity index is 3.39. The van der Waals surface area contributed by atoms with Crippen molar-refractivity contribution in [2.24, 2.45) is 0 Å². The quantitative estimate of drug-likeness (QED) is 0.607. The first-order valence-corrected chi connectivity index (χ1v) is 4.02. The van der Waals surface area contributed by atoms with E-state index in [2.05, 4.69) is 0 Å². The fraction of sp³-hybridized carbons (Fsp3) is 0.400. The summed E-state index contributed by atoms with van der Waals surface area (Å²) in [7, 11) is 0. The minimum Gasteiger partial charge on any atom is -0.203 e. The van der Waals surface area contributed by atoms with Crippen LogP contribution in [0, 0.1) is 25.5 Å². The number of benzene rings is 1. The molecule has 0 fully saturated rings. The Labute approximate surface area is 71.2 Å². The van der Waals surface area contributed by atoms with Crippen LogP contribution >= 0.6 is 0 Å². The molecule has 1 rings (SSSR count). The van der Waals surface area contributed by atoms with Gasteiger partial charge in [-0.2, -0.15) is 0 Å². The zero-order chi connectivity index (χ0) is 9.30. The molecule has 0 nitrogen and oxygen atoms in total. The fourth-order valence-corrected chi connectivity index (χ4v) is 1.17. The molecule has 0 saturated heterocycles. The largest absolute Gasteiger partial charge is 0.203 e. The summed E-state index contributed by atoms with van der Waals surface area (Å²) < 4.78 is 26.1. The number of rotatable bonds is 1. The van der Waals surface area contributed by atoms with Gasteiger partial charge in [-0.05, 0) is 37.0 Å². The van der Waals surface area contributed by atoms with Crippen LogP contribution in [0.3, 0.4) is 0 Å². The van der Waals surface area contributed by atoms with E-state index >= 15 is 0 Å². The van der Waals surface area contributed by atoms with Crippen molar-refractivity contribution < 1.29 is 8.78 Å². The molecule has 66 valence electrons. The van der Waals surface area contributed by atoms with E-state index in [0.717, 1.165) is 5.56 Å². The SMILES string of the molecule is CCc1cc(C)c(C)c(F)c1F. The Morgan fingerprint density at radius 1 is 1.17 bits per heavy atom. The molecule has 0 spiro atoms. The van der Waals surface area contributed by atoms with Crippen LogP contribution in [-0.2, 0) is 6.42 Å². The first kappa shape index (κ1) is 9.17. The molecule has 0 N–H and O–H groups in total. The molecule has 0 radical (unpaired) electrons. The van der Waals surface area contributed by atoms with Gasteiger partial charge in [0.15, 0.2) is 11.6 Å². The third-order valence-corrected chi connectivity index (χ3v) is 2.17. The van der Waals surface area contributed by atoms with Gasteiger partial charge in [-0.25, -0.2) is 8.78 Å². The lowest BCUT2D eigenvalue weighted by molar-refractivity contribution is 0.493. The van der Waals surface area contributed by atoms with E-state index in [4.69, 9.17) is 0 Å². The lowest BCUT2D eigenvalue weighted by Crippen LogP contribution is -1.98. The summed E-state index contributed by atoms with van der Waals surface area (Å²) in [6.07, 6.45) is 0.532. The number of aryl methyl sites for hydroxylation is 2. The van der Waals surface area contributed by atoms with Gasteiger partial charge in [0.25, 0.3) is 0 Å². The molecule has 0 heterocycles. The molecule has 0 saturated carbocycles. The zero-order valence-corrected chi connectivity index (χ0v) is 7.54. The van der Waals surface area contributed by atoms with Gasteiger partial charge in [0.2, 0.25) is 0 Å². The molecule has 0 atom stereocenters. The highest BCUT2D eigenvalue weighted by molar-refractivity contribution is 5.32. The first-order chi connectivity index (χ1) is 5.57. The van der Waals surface area contributed by atoms with Crippen LogP contribution in [-0.4, -0.2) is 0 Å². The maximum Gasteiger partial charge on any atom is 0.162 e. The van der Waals surface area contributed by atoms with E-state index < -0.39 is 11.6 Å². The van der Waals surface area contributed by atoms with E-state index in [-0.39, 0.29) is 0 Å². The maximum absolute atomic E-state index is 13.1. The number of hydrogen-bond acceptors (Lipinski definition) is 0. The van der Waals surface area contributed by atoms with Gasteiger partial charge in [-0.1, -0.05) is 13.0 Å². The molecule has 0 amide bonds. The Morgan fingerprint density at radius 3 is 2.25 bits per heavy atom. The van der Waals surface area contributed by atoms with Gasteiger partial charge < -0.3 is 0 Å². The summed E-state index contributed by atoms with van der Waals surface area (Å²) in [5, 5.41) is 0. The van der Waals surface area contributed by atoms with Crippen molar-refractivity contribution in [3.8, 4) is 0 Å². The second-order valence-electron chi connectivity index (χ2n) is 2.96. The van der Waals surface area contributed by atoms with Gasteiger partial charge in [0.05, 0.1) is 0 Å². The molecule has 0 aromatic heterocycles. The van der Waals surface area contributed by atoms with E-state index in [0.29, 0.717) is 17.5 Å². The van der Waals surface area contributed by atoms with Gasteiger partial charge in [-0.3, -0.25) is 0 Å². The number of hydrogen-bond donors (Lipinski definition) is 0. The summed E-state index contributed by atoms with van der Waals surface area (Å²) in [5.41, 5.74) is 1.67. The molecule has 0 aliphatic heterocycles. The standard InChI is InChI=1S/C10H12F2/c1-4-8-5-6(2)7(3)9(11)10(8)12/h5H,4H2,1-3H3. The molecule has 0 aliphatic rings. The molecular weight excluding hydrogens is 158 g/mol. The molecular formula is C10H12F2. The van der Waals surface area contributed by atoms with Gasteiger partial charge in [0, 0.05) is 0 Å². The minimum atomic E-state index is -0.702. The van der Waals surface area contributed by atoms with Crippen LogP contribution in [0.25, 0.3) is 0 Å². The van der Waals surface area contributed by atoms with Crippen molar-refractivity contribution >= 4 is 0 Å². The predicted octanol–water partition coefficient (Wildman–Crippen LogP) is 3.14. The maximum atomic E-state index is 13.1. The smallest absolute Gasteiger partial charge is 0.162 e. The highest BCUT2D eigenvalue weighted by atomic mass is 19.2. The lowest BCUT2D eigenvalue weighted by atomic mass is 10.0. The van der Waals surface area contributed by atoms with Gasteiger partial charge >= 0.3 is 0 Å². The Bertz CT molecular complexity index is 303. The average Bonchev–Trinajstić information content (AvgIpc) is 2.08. The highest BCUT2D eigenvalue weighted by Gasteiger charge is 2.11. The summed E-state index contributed by atoms with van der Waals surface area (Å²) in [6.45, 7) is 5.19. The second-order valence-corrected chi connectivity index (χ2v) is 2.96. The highest BCUT2D eigenvalue weighted by Crippen LogP contribution is 2.19. The predicted molar refractivity (Wildman–Crippen MR) is 45.2 cm³/mol. The molecule has 2 heteroatoms. The fourth-order valence-electron chi connectivity index (χ4n) is 1.17. The third-order valence-electron chi connectivity index (χ3n) is 2.17. The van der Waals surface area contributed by atoms with Crippen molar-refractivity contribution in [2.45, 2.75) is 27.2 Å². The van der Waals surface area contributed by atoms with Crippen molar-refractivity contribution in [1.29, 1.82) is 0 Å². The van der Waals surface area contributed by atoms with E-state index in [1.54, 1.807) is 19.9 Å². The molecule has 0 aliphatic carbocycles. The minimum absolute atomic E-state index is 0.407. The van der Waals surface area contributed by atoms with Crippen molar-refractivity contribution in [3.05, 3.63) is 34.4 Å². The van der Waals surface area contributed by atoms with Crippen molar-refractivity contribution in [2.75, 3.05) is 0 Å². The Hall–Kier alpha value is -0.920. The van der Waals surface area contributed by atoms with Crippen LogP contribution in [0.5, 0.6) is 0 Å². The van der Waals surface area contributed by atoms with Crippen LogP contribution in [0.15, 0.2) is 6.07 Å². The third kappa shape index (κ3) is 1.33. The van der Waals surface area contributed by atoms with Gasteiger partial charge in [-0.15, -0.1) is 0 Å². The Morgan fingerprint density at radius 2 is 1.75 bits per heavy atom. The molecule has 0 unspecified atom stereocenters. The van der Waals surface area contributed by atoms with Crippen LogP contribution < -0.4 is 0 Å². The summed E-state index contributed by atoms with van der Waals surface area (Å²) in [6, 6.07) is 1.70. The van der Waals surface area contributed by atoms with E-state index in [1.807, 2.05) is 6.92 Å². The van der Waals surface area contributed by atoms with Crippen molar-refractivity contribution in [1.82, 2.24) is 0 Å². The topological polar surface area (TPSA) is 0 Å². The monoisotopic (exact) mass is 170 g/mol. The zero-order valence-electron chi connectivity index (χ0n) is 7.54. The number of halogens is 2. The van der Waals surface area contributed by atoms with Crippen molar-refractivity contribution in [3.63, 3.8) is 0 Å². The van der Waals surface area contributed by atoms with Gasteiger partial charge in [0.1, 0.15) is 0 Å². The summed E-state index contributed by atoms with van der Waals surface area (Å²) >= 11 is 0. The normalized spacial score (nSPS) is 10.4. The second kappa shape index (κ2) is 3.21. The Kier molecular flexibility index (Phi) is 2.46.